The van der Waals surface area contributed by atoms with Crippen LogP contribution in [0.3, 0.4) is 0 Å². The lowest BCUT2D eigenvalue weighted by molar-refractivity contribution is -0.141. The molecule has 3 fully saturated rings. The summed E-state index contributed by atoms with van der Waals surface area (Å²) < 4.78 is 5.89. The van der Waals surface area contributed by atoms with E-state index in [4.69, 9.17) is 4.74 Å². The molecule has 5 rings (SSSR count). The van der Waals surface area contributed by atoms with E-state index in [1.54, 1.807) is 6.20 Å². The quantitative estimate of drug-likeness (QED) is 0.585. The number of amides is 2. The van der Waals surface area contributed by atoms with Gasteiger partial charge in [-0.05, 0) is 51.9 Å². The molecule has 1 aromatic carbocycles. The Labute approximate surface area is 175 Å². The standard InChI is InChI=1S/C23H27N3O4/c1-25(2)8-5-9-26-21(27)19-13-10-15(20(19)22(26)28)18(11-13)30-23(29)16-12-24-17-7-4-3-6-14(16)17/h3-4,6-7,12-13,15,18-20,24H,5,8-11H2,1-2H3/t13-,15+,18?,19?,20?/m0/s1. The molecule has 30 heavy (non-hydrogen) atoms. The zero-order valence-corrected chi connectivity index (χ0v) is 17.3. The van der Waals surface area contributed by atoms with Crippen LogP contribution in [-0.2, 0) is 14.3 Å². The normalized spacial score (nSPS) is 30.0. The smallest absolute Gasteiger partial charge is 0.340 e. The highest BCUT2D eigenvalue weighted by atomic mass is 16.5. The lowest BCUT2D eigenvalue weighted by atomic mass is 9.79. The SMILES string of the molecule is CN(C)CCCN1C(=O)C2C(C1=O)[C@@H]1C[C@H]2CC1OC(=O)c1c[nH]c2ccccc12. The Hall–Kier alpha value is -2.67. The predicted molar refractivity (Wildman–Crippen MR) is 111 cm³/mol. The summed E-state index contributed by atoms with van der Waals surface area (Å²) in [6.07, 6.45) is 3.63. The Morgan fingerprint density at radius 3 is 2.73 bits per heavy atom. The number of H-pyrrole nitrogens is 1. The van der Waals surface area contributed by atoms with Crippen molar-refractivity contribution in [3.8, 4) is 0 Å². The maximum atomic E-state index is 13.0. The fraction of sp³-hybridized carbons (Fsp3) is 0.522. The van der Waals surface area contributed by atoms with Crippen molar-refractivity contribution in [3.63, 3.8) is 0 Å². The number of para-hydroxylation sites is 1. The highest BCUT2D eigenvalue weighted by Gasteiger charge is 2.64. The van der Waals surface area contributed by atoms with Crippen LogP contribution in [0.15, 0.2) is 30.5 Å². The third-order valence-corrected chi connectivity index (χ3v) is 7.10. The van der Waals surface area contributed by atoms with Gasteiger partial charge in [0.05, 0.1) is 17.4 Å². The van der Waals surface area contributed by atoms with Crippen molar-refractivity contribution in [3.05, 3.63) is 36.0 Å². The zero-order valence-electron chi connectivity index (χ0n) is 17.3. The Bertz CT molecular complexity index is 1010. The van der Waals surface area contributed by atoms with Gasteiger partial charge in [0.25, 0.3) is 0 Å². The average molecular weight is 409 g/mol. The molecule has 2 amide bonds. The van der Waals surface area contributed by atoms with E-state index in [1.165, 1.54) is 4.90 Å². The van der Waals surface area contributed by atoms with E-state index < -0.39 is 0 Å². The number of fused-ring (bicyclic) bond motifs is 6. The lowest BCUT2D eigenvalue weighted by Gasteiger charge is -2.28. The summed E-state index contributed by atoms with van der Waals surface area (Å²) in [7, 11) is 3.96. The molecular weight excluding hydrogens is 382 g/mol. The number of likely N-dealkylation sites (tertiary alicyclic amines) is 1. The third-order valence-electron chi connectivity index (χ3n) is 7.10. The van der Waals surface area contributed by atoms with Crippen LogP contribution in [0.25, 0.3) is 10.9 Å². The molecule has 2 aromatic rings. The van der Waals surface area contributed by atoms with Gasteiger partial charge < -0.3 is 14.6 Å². The average Bonchev–Trinajstić information content (AvgIpc) is 3.45. The second kappa shape index (κ2) is 7.23. The number of hydrogen-bond donors (Lipinski definition) is 1. The number of aromatic nitrogens is 1. The highest BCUT2D eigenvalue weighted by molar-refractivity contribution is 6.06. The number of rotatable bonds is 6. The fourth-order valence-electron chi connectivity index (χ4n) is 5.80. The monoisotopic (exact) mass is 409 g/mol. The van der Waals surface area contributed by atoms with Gasteiger partial charge in [-0.1, -0.05) is 18.2 Å². The van der Waals surface area contributed by atoms with Gasteiger partial charge in [0.1, 0.15) is 6.10 Å². The van der Waals surface area contributed by atoms with Crippen LogP contribution in [0.4, 0.5) is 0 Å². The van der Waals surface area contributed by atoms with Crippen LogP contribution in [0.2, 0.25) is 0 Å². The van der Waals surface area contributed by atoms with Crippen molar-refractivity contribution in [1.82, 2.24) is 14.8 Å². The number of imide groups is 1. The van der Waals surface area contributed by atoms with Crippen LogP contribution in [0.1, 0.15) is 29.6 Å². The van der Waals surface area contributed by atoms with Crippen molar-refractivity contribution in [2.45, 2.75) is 25.4 Å². The van der Waals surface area contributed by atoms with E-state index in [-0.39, 0.29) is 47.6 Å². The molecule has 1 aromatic heterocycles. The molecule has 0 spiro atoms. The van der Waals surface area contributed by atoms with E-state index in [9.17, 15) is 14.4 Å². The first-order valence-corrected chi connectivity index (χ1v) is 10.7. The van der Waals surface area contributed by atoms with Gasteiger partial charge in [0, 0.05) is 29.6 Å². The molecule has 3 aliphatic rings. The molecule has 2 saturated carbocycles. The molecule has 158 valence electrons. The number of esters is 1. The third kappa shape index (κ3) is 2.95. The fourth-order valence-corrected chi connectivity index (χ4v) is 5.80. The van der Waals surface area contributed by atoms with Crippen LogP contribution in [0, 0.1) is 23.7 Å². The first-order valence-electron chi connectivity index (χ1n) is 10.7. The Morgan fingerprint density at radius 1 is 1.17 bits per heavy atom. The first-order chi connectivity index (χ1) is 14.5. The zero-order chi connectivity index (χ0) is 21.0. The molecule has 2 bridgehead atoms. The molecule has 7 heteroatoms. The minimum Gasteiger partial charge on any atom is -0.458 e. The molecular formula is C23H27N3O4. The summed E-state index contributed by atoms with van der Waals surface area (Å²) in [4.78, 5) is 45.4. The maximum Gasteiger partial charge on any atom is 0.340 e. The molecule has 3 unspecified atom stereocenters. The second-order valence-corrected chi connectivity index (χ2v) is 9.12. The van der Waals surface area contributed by atoms with Crippen LogP contribution < -0.4 is 0 Å². The van der Waals surface area contributed by atoms with Gasteiger partial charge >= 0.3 is 5.97 Å². The van der Waals surface area contributed by atoms with Gasteiger partial charge in [-0.2, -0.15) is 0 Å². The number of hydrogen-bond acceptors (Lipinski definition) is 5. The molecule has 5 atom stereocenters. The molecule has 1 N–H and O–H groups in total. The van der Waals surface area contributed by atoms with Gasteiger partial charge in [0.15, 0.2) is 0 Å². The van der Waals surface area contributed by atoms with Crippen LogP contribution in [0.5, 0.6) is 0 Å². The number of carbonyl (C=O) groups excluding carboxylic acids is 3. The number of ether oxygens (including phenoxy) is 1. The Kier molecular flexibility index (Phi) is 4.65. The van der Waals surface area contributed by atoms with Gasteiger partial charge in [-0.3, -0.25) is 14.5 Å². The number of carbonyl (C=O) groups is 3. The van der Waals surface area contributed by atoms with E-state index in [0.717, 1.165) is 30.3 Å². The molecule has 1 aliphatic heterocycles. The number of aromatic amines is 1. The summed E-state index contributed by atoms with van der Waals surface area (Å²) in [5, 5.41) is 0.836. The van der Waals surface area contributed by atoms with Crippen molar-refractivity contribution in [1.29, 1.82) is 0 Å². The topological polar surface area (TPSA) is 82.7 Å². The number of nitrogens with one attached hydrogen (secondary N) is 1. The van der Waals surface area contributed by atoms with Crippen LogP contribution in [-0.4, -0.2) is 65.9 Å². The van der Waals surface area contributed by atoms with E-state index in [0.29, 0.717) is 18.5 Å². The first kappa shape index (κ1) is 19.3. The minimum atomic E-state index is -0.360. The van der Waals surface area contributed by atoms with Crippen molar-refractivity contribution < 1.29 is 19.1 Å². The maximum absolute atomic E-state index is 13.0. The number of nitrogens with zero attached hydrogens (tertiary/aromatic N) is 2. The van der Waals surface area contributed by atoms with Crippen LogP contribution >= 0.6 is 0 Å². The Balaban J connectivity index is 1.29. The Morgan fingerprint density at radius 2 is 1.93 bits per heavy atom. The van der Waals surface area contributed by atoms with E-state index >= 15 is 0 Å². The molecule has 2 heterocycles. The number of benzene rings is 1. The largest absolute Gasteiger partial charge is 0.458 e. The summed E-state index contributed by atoms with van der Waals surface area (Å²) in [6.45, 7) is 1.31. The van der Waals surface area contributed by atoms with Crippen molar-refractivity contribution in [2.24, 2.45) is 23.7 Å². The lowest BCUT2D eigenvalue weighted by Crippen LogP contribution is -2.37. The molecule has 7 nitrogen and oxygen atoms in total. The predicted octanol–water partition coefficient (Wildman–Crippen LogP) is 2.29. The van der Waals surface area contributed by atoms with Gasteiger partial charge in [-0.25, -0.2) is 4.79 Å². The summed E-state index contributed by atoms with van der Waals surface area (Å²) in [5.41, 5.74) is 1.41. The van der Waals surface area contributed by atoms with Crippen molar-refractivity contribution >= 4 is 28.7 Å². The van der Waals surface area contributed by atoms with E-state index in [1.807, 2.05) is 38.4 Å². The van der Waals surface area contributed by atoms with Gasteiger partial charge in [0.2, 0.25) is 11.8 Å². The molecule has 1 saturated heterocycles. The second-order valence-electron chi connectivity index (χ2n) is 9.12. The minimum absolute atomic E-state index is 0.0161. The highest BCUT2D eigenvalue weighted by Crippen LogP contribution is 2.57. The van der Waals surface area contributed by atoms with Gasteiger partial charge in [-0.15, -0.1) is 0 Å². The molecule has 2 aliphatic carbocycles. The van der Waals surface area contributed by atoms with Crippen molar-refractivity contribution in [2.75, 3.05) is 27.2 Å². The summed E-state index contributed by atoms with van der Waals surface area (Å²) >= 11 is 0. The summed E-state index contributed by atoms with van der Waals surface area (Å²) in [6, 6.07) is 7.62. The molecule has 0 radical (unpaired) electrons. The van der Waals surface area contributed by atoms with E-state index in [2.05, 4.69) is 9.88 Å². The summed E-state index contributed by atoms with van der Waals surface area (Å²) in [5.74, 6) is -0.898.